The molecule has 0 bridgehead atoms. The second-order valence-corrected chi connectivity index (χ2v) is 6.76. The van der Waals surface area contributed by atoms with E-state index in [0.717, 1.165) is 17.2 Å². The molecule has 0 spiro atoms. The van der Waals surface area contributed by atoms with Gasteiger partial charge in [-0.05, 0) is 50.2 Å². The maximum absolute atomic E-state index is 3.79. The Morgan fingerprint density at radius 2 is 1.87 bits per heavy atom. The standard InChI is InChI=1S/C13H25NS/c1-11-5-7-12(8-6-11)14-10-13-4-2-3-9-15-13/h11-14H,2-10H2,1H3. The summed E-state index contributed by atoms with van der Waals surface area (Å²) < 4.78 is 0. The van der Waals surface area contributed by atoms with Gasteiger partial charge in [0.2, 0.25) is 0 Å². The number of rotatable bonds is 3. The summed E-state index contributed by atoms with van der Waals surface area (Å²) in [6.07, 6.45) is 10.1. The van der Waals surface area contributed by atoms with Crippen molar-refractivity contribution in [2.24, 2.45) is 5.92 Å². The Morgan fingerprint density at radius 3 is 2.53 bits per heavy atom. The first-order chi connectivity index (χ1) is 7.34. The Kier molecular flexibility index (Phi) is 4.83. The van der Waals surface area contributed by atoms with E-state index in [9.17, 15) is 0 Å². The molecule has 2 fully saturated rings. The third kappa shape index (κ3) is 3.99. The van der Waals surface area contributed by atoms with Crippen LogP contribution in [0, 0.1) is 5.92 Å². The van der Waals surface area contributed by atoms with Gasteiger partial charge in [0.25, 0.3) is 0 Å². The van der Waals surface area contributed by atoms with E-state index in [1.54, 1.807) is 0 Å². The maximum atomic E-state index is 3.79. The highest BCUT2D eigenvalue weighted by atomic mass is 32.2. The van der Waals surface area contributed by atoms with Crippen molar-refractivity contribution in [2.75, 3.05) is 12.3 Å². The number of hydrogen-bond acceptors (Lipinski definition) is 2. The fourth-order valence-electron chi connectivity index (χ4n) is 2.73. The summed E-state index contributed by atoms with van der Waals surface area (Å²) in [6, 6.07) is 0.837. The molecule has 0 aromatic rings. The van der Waals surface area contributed by atoms with Crippen LogP contribution in [-0.2, 0) is 0 Å². The maximum Gasteiger partial charge on any atom is 0.0172 e. The van der Waals surface area contributed by atoms with Crippen molar-refractivity contribution in [2.45, 2.75) is 63.2 Å². The summed E-state index contributed by atoms with van der Waals surface area (Å²) in [4.78, 5) is 0. The molecule has 1 saturated heterocycles. The second kappa shape index (κ2) is 6.15. The normalized spacial score (nSPS) is 37.8. The lowest BCUT2D eigenvalue weighted by molar-refractivity contribution is 0.307. The van der Waals surface area contributed by atoms with E-state index in [1.165, 1.54) is 57.2 Å². The molecule has 1 aliphatic heterocycles. The summed E-state index contributed by atoms with van der Waals surface area (Å²) >= 11 is 2.19. The lowest BCUT2D eigenvalue weighted by atomic mass is 9.87. The quantitative estimate of drug-likeness (QED) is 0.792. The monoisotopic (exact) mass is 227 g/mol. The average molecular weight is 227 g/mol. The minimum Gasteiger partial charge on any atom is -0.313 e. The van der Waals surface area contributed by atoms with Gasteiger partial charge in [0.1, 0.15) is 0 Å². The van der Waals surface area contributed by atoms with Crippen LogP contribution in [0.15, 0.2) is 0 Å². The zero-order valence-electron chi connectivity index (χ0n) is 10.0. The highest BCUT2D eigenvalue weighted by Gasteiger charge is 2.19. The highest BCUT2D eigenvalue weighted by molar-refractivity contribution is 7.99. The van der Waals surface area contributed by atoms with Crippen LogP contribution in [0.4, 0.5) is 0 Å². The molecule has 0 aromatic heterocycles. The van der Waals surface area contributed by atoms with Crippen LogP contribution in [0.2, 0.25) is 0 Å². The molecule has 0 amide bonds. The molecule has 1 unspecified atom stereocenters. The predicted octanol–water partition coefficient (Wildman–Crippen LogP) is 3.44. The van der Waals surface area contributed by atoms with Crippen molar-refractivity contribution in [3.05, 3.63) is 0 Å². The van der Waals surface area contributed by atoms with Crippen LogP contribution >= 0.6 is 11.8 Å². The first-order valence-electron chi connectivity index (χ1n) is 6.69. The van der Waals surface area contributed by atoms with Crippen LogP contribution in [-0.4, -0.2) is 23.6 Å². The minimum absolute atomic E-state index is 0.837. The van der Waals surface area contributed by atoms with E-state index in [1.807, 2.05) is 0 Å². The van der Waals surface area contributed by atoms with Gasteiger partial charge in [-0.25, -0.2) is 0 Å². The largest absolute Gasteiger partial charge is 0.313 e. The van der Waals surface area contributed by atoms with E-state index in [4.69, 9.17) is 0 Å². The predicted molar refractivity (Wildman–Crippen MR) is 69.5 cm³/mol. The van der Waals surface area contributed by atoms with Crippen LogP contribution in [0.5, 0.6) is 0 Å². The molecule has 1 aliphatic carbocycles. The Morgan fingerprint density at radius 1 is 1.07 bits per heavy atom. The van der Waals surface area contributed by atoms with Gasteiger partial charge in [0.05, 0.1) is 0 Å². The molecule has 88 valence electrons. The first kappa shape index (κ1) is 11.8. The van der Waals surface area contributed by atoms with Crippen LogP contribution in [0.3, 0.4) is 0 Å². The highest BCUT2D eigenvalue weighted by Crippen LogP contribution is 2.26. The van der Waals surface area contributed by atoms with Crippen LogP contribution in [0.25, 0.3) is 0 Å². The molecular formula is C13H25NS. The van der Waals surface area contributed by atoms with Crippen LogP contribution < -0.4 is 5.32 Å². The Hall–Kier alpha value is 0.310. The fraction of sp³-hybridized carbons (Fsp3) is 1.00. The van der Waals surface area contributed by atoms with Gasteiger partial charge in [-0.3, -0.25) is 0 Å². The molecule has 1 N–H and O–H groups in total. The van der Waals surface area contributed by atoms with Gasteiger partial charge in [-0.15, -0.1) is 0 Å². The lowest BCUT2D eigenvalue weighted by Gasteiger charge is -2.29. The number of hydrogen-bond donors (Lipinski definition) is 1. The third-order valence-corrected chi connectivity index (χ3v) is 5.32. The number of nitrogens with one attached hydrogen (secondary N) is 1. The van der Waals surface area contributed by atoms with Gasteiger partial charge in [-0.2, -0.15) is 11.8 Å². The molecule has 1 nitrogen and oxygen atoms in total. The first-order valence-corrected chi connectivity index (χ1v) is 7.74. The van der Waals surface area contributed by atoms with Crippen molar-refractivity contribution in [1.29, 1.82) is 0 Å². The van der Waals surface area contributed by atoms with Gasteiger partial charge in [-0.1, -0.05) is 13.3 Å². The lowest BCUT2D eigenvalue weighted by Crippen LogP contribution is -2.37. The number of thioether (sulfide) groups is 1. The summed E-state index contributed by atoms with van der Waals surface area (Å²) in [6.45, 7) is 3.66. The molecule has 2 rings (SSSR count). The summed E-state index contributed by atoms with van der Waals surface area (Å²) in [5.74, 6) is 2.38. The van der Waals surface area contributed by atoms with E-state index >= 15 is 0 Å². The van der Waals surface area contributed by atoms with Gasteiger partial charge in [0.15, 0.2) is 0 Å². The summed E-state index contributed by atoms with van der Waals surface area (Å²) in [7, 11) is 0. The molecule has 0 aromatic carbocycles. The Balaban J connectivity index is 1.60. The zero-order valence-corrected chi connectivity index (χ0v) is 10.8. The van der Waals surface area contributed by atoms with Crippen molar-refractivity contribution >= 4 is 11.8 Å². The summed E-state index contributed by atoms with van der Waals surface area (Å²) in [5.41, 5.74) is 0. The molecule has 15 heavy (non-hydrogen) atoms. The van der Waals surface area contributed by atoms with Gasteiger partial charge >= 0.3 is 0 Å². The average Bonchev–Trinajstić information content (AvgIpc) is 2.30. The van der Waals surface area contributed by atoms with Crippen molar-refractivity contribution in [3.63, 3.8) is 0 Å². The Labute approximate surface area is 98.8 Å². The Bertz CT molecular complexity index is 169. The molecule has 1 saturated carbocycles. The minimum atomic E-state index is 0.837. The van der Waals surface area contributed by atoms with E-state index in [0.29, 0.717) is 0 Å². The van der Waals surface area contributed by atoms with E-state index in [-0.39, 0.29) is 0 Å². The molecule has 2 heteroatoms. The molecular weight excluding hydrogens is 202 g/mol. The molecule has 0 radical (unpaired) electrons. The fourth-order valence-corrected chi connectivity index (χ4v) is 3.98. The van der Waals surface area contributed by atoms with Crippen molar-refractivity contribution in [3.8, 4) is 0 Å². The molecule has 2 aliphatic rings. The van der Waals surface area contributed by atoms with E-state index in [2.05, 4.69) is 24.0 Å². The zero-order chi connectivity index (χ0) is 10.5. The van der Waals surface area contributed by atoms with E-state index < -0.39 is 0 Å². The topological polar surface area (TPSA) is 12.0 Å². The second-order valence-electron chi connectivity index (χ2n) is 5.35. The van der Waals surface area contributed by atoms with Gasteiger partial charge in [0, 0.05) is 17.8 Å². The smallest absolute Gasteiger partial charge is 0.0172 e. The third-order valence-electron chi connectivity index (χ3n) is 3.92. The SMILES string of the molecule is CC1CCC(NCC2CCCCS2)CC1. The van der Waals surface area contributed by atoms with Crippen LogP contribution in [0.1, 0.15) is 51.9 Å². The van der Waals surface area contributed by atoms with Crippen molar-refractivity contribution < 1.29 is 0 Å². The van der Waals surface area contributed by atoms with Crippen molar-refractivity contribution in [1.82, 2.24) is 5.32 Å². The van der Waals surface area contributed by atoms with Gasteiger partial charge < -0.3 is 5.32 Å². The summed E-state index contributed by atoms with van der Waals surface area (Å²) in [5, 5.41) is 4.71. The molecule has 1 atom stereocenters. The molecule has 1 heterocycles.